The Morgan fingerprint density at radius 1 is 1.03 bits per heavy atom. The number of nitro benzene ring substituents is 1. The van der Waals surface area contributed by atoms with Gasteiger partial charge >= 0.3 is 0 Å². The average molecular weight is 518 g/mol. The maximum Gasteiger partial charge on any atom is 0.269 e. The molecule has 1 aliphatic rings. The minimum Gasteiger partial charge on any atom is -0.464 e. The summed E-state index contributed by atoms with van der Waals surface area (Å²) in [7, 11) is 0. The third-order valence-corrected chi connectivity index (χ3v) is 6.32. The van der Waals surface area contributed by atoms with Gasteiger partial charge in [-0.3, -0.25) is 19.7 Å². The van der Waals surface area contributed by atoms with Crippen LogP contribution < -0.4 is 0 Å². The minimum absolute atomic E-state index is 0.0238. The highest BCUT2D eigenvalue weighted by Crippen LogP contribution is 2.17. The monoisotopic (exact) mass is 517 g/mol. The van der Waals surface area contributed by atoms with Gasteiger partial charge in [0.2, 0.25) is 11.8 Å². The van der Waals surface area contributed by atoms with Crippen molar-refractivity contribution >= 4 is 23.6 Å². The predicted octanol–water partition coefficient (Wildman–Crippen LogP) is 4.75. The molecule has 0 saturated carbocycles. The molecule has 0 N–H and O–H groups in total. The van der Waals surface area contributed by atoms with E-state index < -0.39 is 4.92 Å². The number of nitrogens with zero attached hydrogens (tertiary/aromatic N) is 3. The van der Waals surface area contributed by atoms with E-state index in [1.54, 1.807) is 23.1 Å². The molecule has 2 heterocycles. The second kappa shape index (κ2) is 12.8. The zero-order chi connectivity index (χ0) is 26.9. The Bertz CT molecular complexity index is 1260. The van der Waals surface area contributed by atoms with Crippen molar-refractivity contribution < 1.29 is 23.7 Å². The van der Waals surface area contributed by atoms with Gasteiger partial charge in [-0.1, -0.05) is 30.3 Å². The molecule has 0 bridgehead atoms. The molecule has 1 unspecified atom stereocenters. The minimum atomic E-state index is -0.473. The van der Waals surface area contributed by atoms with Gasteiger partial charge in [0.1, 0.15) is 18.1 Å². The topological polar surface area (TPSA) is 106 Å². The summed E-state index contributed by atoms with van der Waals surface area (Å²) in [5, 5.41) is 10.9. The van der Waals surface area contributed by atoms with Crippen molar-refractivity contribution in [3.63, 3.8) is 0 Å². The molecule has 1 aliphatic heterocycles. The lowest BCUT2D eigenvalue weighted by Crippen LogP contribution is -2.44. The standard InChI is InChI=1S/C29H31N3O6/c1-22-9-15-27(38-22)20-30(18-24-6-3-2-4-7-24)29(34)21-31(19-26-8-5-17-37-26)28(33)16-12-23-10-13-25(14-11-23)32(35)36/h2-4,6-7,9-16,26H,5,8,17-21H2,1H3/b16-12+. The van der Waals surface area contributed by atoms with E-state index in [1.807, 2.05) is 49.4 Å². The first kappa shape index (κ1) is 26.8. The van der Waals surface area contributed by atoms with Gasteiger partial charge in [0.15, 0.2) is 0 Å². The van der Waals surface area contributed by atoms with Crippen molar-refractivity contribution in [2.24, 2.45) is 0 Å². The Morgan fingerprint density at radius 3 is 2.42 bits per heavy atom. The SMILES string of the molecule is Cc1ccc(CN(Cc2ccccc2)C(=O)CN(CC2CCCO2)C(=O)/C=C/c2ccc([N+](=O)[O-])cc2)o1. The first-order valence-electron chi connectivity index (χ1n) is 12.6. The molecular weight excluding hydrogens is 486 g/mol. The van der Waals surface area contributed by atoms with Crippen LogP contribution in [0.4, 0.5) is 5.69 Å². The first-order valence-corrected chi connectivity index (χ1v) is 12.6. The van der Waals surface area contributed by atoms with Crippen LogP contribution in [-0.4, -0.2) is 52.3 Å². The van der Waals surface area contributed by atoms with Crippen molar-refractivity contribution in [3.8, 4) is 0 Å². The molecule has 0 spiro atoms. The lowest BCUT2D eigenvalue weighted by atomic mass is 10.1. The number of carbonyl (C=O) groups is 2. The Labute approximate surface area is 221 Å². The van der Waals surface area contributed by atoms with Gasteiger partial charge in [-0.05, 0) is 61.2 Å². The highest BCUT2D eigenvalue weighted by Gasteiger charge is 2.26. The highest BCUT2D eigenvalue weighted by atomic mass is 16.6. The van der Waals surface area contributed by atoms with Crippen LogP contribution in [0.3, 0.4) is 0 Å². The fraction of sp³-hybridized carbons (Fsp3) is 0.310. The molecule has 9 heteroatoms. The number of amides is 2. The van der Waals surface area contributed by atoms with Crippen molar-refractivity contribution in [1.29, 1.82) is 0 Å². The number of benzene rings is 2. The van der Waals surface area contributed by atoms with Gasteiger partial charge in [-0.15, -0.1) is 0 Å². The molecule has 4 rings (SSSR count). The zero-order valence-electron chi connectivity index (χ0n) is 21.3. The van der Waals surface area contributed by atoms with Gasteiger partial charge in [0.05, 0.1) is 17.6 Å². The van der Waals surface area contributed by atoms with Crippen LogP contribution >= 0.6 is 0 Å². The summed E-state index contributed by atoms with van der Waals surface area (Å²) in [6, 6.07) is 19.3. The van der Waals surface area contributed by atoms with E-state index >= 15 is 0 Å². The van der Waals surface area contributed by atoms with Crippen LogP contribution in [0.25, 0.3) is 6.08 Å². The van der Waals surface area contributed by atoms with Crippen molar-refractivity contribution in [1.82, 2.24) is 9.80 Å². The van der Waals surface area contributed by atoms with Crippen molar-refractivity contribution in [3.05, 3.63) is 106 Å². The fourth-order valence-electron chi connectivity index (χ4n) is 4.30. The summed E-state index contributed by atoms with van der Waals surface area (Å²) in [4.78, 5) is 40.4. The quantitative estimate of drug-likeness (QED) is 0.207. The fourth-order valence-corrected chi connectivity index (χ4v) is 4.30. The molecule has 3 aromatic rings. The van der Waals surface area contributed by atoms with E-state index in [1.165, 1.54) is 23.1 Å². The third kappa shape index (κ3) is 7.63. The largest absolute Gasteiger partial charge is 0.464 e. The molecule has 38 heavy (non-hydrogen) atoms. The Morgan fingerprint density at radius 2 is 1.79 bits per heavy atom. The van der Waals surface area contributed by atoms with E-state index in [4.69, 9.17) is 9.15 Å². The van der Waals surface area contributed by atoms with E-state index in [9.17, 15) is 19.7 Å². The second-order valence-electron chi connectivity index (χ2n) is 9.28. The van der Waals surface area contributed by atoms with Crippen LogP contribution in [0.5, 0.6) is 0 Å². The van der Waals surface area contributed by atoms with E-state index in [-0.39, 0.29) is 36.7 Å². The maximum absolute atomic E-state index is 13.6. The van der Waals surface area contributed by atoms with Crippen LogP contribution in [0.1, 0.15) is 35.5 Å². The number of rotatable bonds is 11. The maximum atomic E-state index is 13.6. The number of carbonyl (C=O) groups excluding carboxylic acids is 2. The van der Waals surface area contributed by atoms with Crippen LogP contribution in [0.15, 0.2) is 77.2 Å². The zero-order valence-corrected chi connectivity index (χ0v) is 21.3. The van der Waals surface area contributed by atoms with E-state index in [0.717, 1.165) is 24.2 Å². The number of hydrogen-bond acceptors (Lipinski definition) is 6. The molecule has 0 aliphatic carbocycles. The van der Waals surface area contributed by atoms with Crippen LogP contribution in [0.2, 0.25) is 0 Å². The molecule has 2 aromatic carbocycles. The Kier molecular flexibility index (Phi) is 9.05. The van der Waals surface area contributed by atoms with E-state index in [0.29, 0.717) is 31.0 Å². The Balaban J connectivity index is 1.50. The van der Waals surface area contributed by atoms with E-state index in [2.05, 4.69) is 0 Å². The summed E-state index contributed by atoms with van der Waals surface area (Å²) in [5.74, 6) is 0.888. The lowest BCUT2D eigenvalue weighted by Gasteiger charge is -2.28. The number of non-ortho nitro benzene ring substituents is 1. The summed E-state index contributed by atoms with van der Waals surface area (Å²) in [6.07, 6.45) is 4.59. The lowest BCUT2D eigenvalue weighted by molar-refractivity contribution is -0.384. The Hall–Kier alpha value is -4.24. The normalized spacial score (nSPS) is 15.0. The summed E-state index contributed by atoms with van der Waals surface area (Å²) in [6.45, 7) is 3.33. The number of nitro groups is 1. The second-order valence-corrected chi connectivity index (χ2v) is 9.28. The van der Waals surface area contributed by atoms with Gasteiger partial charge < -0.3 is 19.0 Å². The van der Waals surface area contributed by atoms with Gasteiger partial charge in [0.25, 0.3) is 5.69 Å². The number of ether oxygens (including phenoxy) is 1. The molecule has 1 fully saturated rings. The third-order valence-electron chi connectivity index (χ3n) is 6.32. The predicted molar refractivity (Wildman–Crippen MR) is 142 cm³/mol. The number of furan rings is 1. The first-order chi connectivity index (χ1) is 18.4. The number of hydrogen-bond donors (Lipinski definition) is 0. The van der Waals surface area contributed by atoms with Crippen LogP contribution in [0, 0.1) is 17.0 Å². The molecule has 198 valence electrons. The molecule has 2 amide bonds. The number of aryl methyl sites for hydroxylation is 1. The molecule has 0 radical (unpaired) electrons. The molecule has 1 aromatic heterocycles. The van der Waals surface area contributed by atoms with Crippen molar-refractivity contribution in [2.75, 3.05) is 19.7 Å². The molecule has 1 atom stereocenters. The molecule has 1 saturated heterocycles. The van der Waals surface area contributed by atoms with Crippen LogP contribution in [-0.2, 0) is 27.4 Å². The van der Waals surface area contributed by atoms with Gasteiger partial charge in [-0.25, -0.2) is 0 Å². The summed E-state index contributed by atoms with van der Waals surface area (Å²) < 4.78 is 11.5. The summed E-state index contributed by atoms with van der Waals surface area (Å²) in [5.41, 5.74) is 1.59. The summed E-state index contributed by atoms with van der Waals surface area (Å²) >= 11 is 0. The van der Waals surface area contributed by atoms with Gasteiger partial charge in [0, 0.05) is 37.9 Å². The average Bonchev–Trinajstić information content (AvgIpc) is 3.58. The molecular formula is C29H31N3O6. The van der Waals surface area contributed by atoms with Gasteiger partial charge in [-0.2, -0.15) is 0 Å². The molecule has 9 nitrogen and oxygen atoms in total. The highest BCUT2D eigenvalue weighted by molar-refractivity contribution is 5.94. The smallest absolute Gasteiger partial charge is 0.269 e. The van der Waals surface area contributed by atoms with Crippen molar-refractivity contribution in [2.45, 2.75) is 39.0 Å².